The maximum atomic E-state index is 13.5. The van der Waals surface area contributed by atoms with Crippen molar-refractivity contribution in [1.29, 1.82) is 5.26 Å². The number of hydrogen-bond acceptors (Lipinski definition) is 5. The van der Waals surface area contributed by atoms with Gasteiger partial charge in [-0.15, -0.1) is 0 Å². The molecule has 0 unspecified atom stereocenters. The normalized spacial score (nSPS) is 18.3. The summed E-state index contributed by atoms with van der Waals surface area (Å²) in [6, 6.07) is 12.7. The molecule has 3 aliphatic rings. The number of benzene rings is 2. The average molecular weight is 481 g/mol. The summed E-state index contributed by atoms with van der Waals surface area (Å²) in [5.74, 6) is -1.41. The van der Waals surface area contributed by atoms with Gasteiger partial charge in [0.2, 0.25) is 11.8 Å². The summed E-state index contributed by atoms with van der Waals surface area (Å²) in [5.41, 5.74) is -0.581. The molecule has 3 aromatic rings. The molecule has 0 spiro atoms. The van der Waals surface area contributed by atoms with Gasteiger partial charge in [0.15, 0.2) is 0 Å². The number of carbonyl (C=O) groups excluding carboxylic acids is 1. The van der Waals surface area contributed by atoms with Gasteiger partial charge in [0.1, 0.15) is 6.61 Å². The standard InChI is InChI=1S/C25H18F3N3O4/c26-25(27,28)18-10-17(8-6-15(18)11-29)31-22(32)20-16-7-9-19(21(20)23(31)33)30(12-16)24(34)35-13-14-4-2-1-3-5-14/h1-10,16,19,32-33H,12-13H2/t16-,19-/m0/s1. The monoisotopic (exact) mass is 481 g/mol. The van der Waals surface area contributed by atoms with E-state index in [1.165, 1.54) is 17.0 Å². The summed E-state index contributed by atoms with van der Waals surface area (Å²) in [5, 5.41) is 31.0. The van der Waals surface area contributed by atoms with E-state index in [0.717, 1.165) is 16.2 Å². The molecule has 2 N–H and O–H groups in total. The zero-order chi connectivity index (χ0) is 24.9. The second-order valence-corrected chi connectivity index (χ2v) is 8.28. The highest BCUT2D eigenvalue weighted by Gasteiger charge is 2.44. The van der Waals surface area contributed by atoms with Crippen LogP contribution < -0.4 is 0 Å². The number of nitrogens with zero attached hydrogens (tertiary/aromatic N) is 3. The molecule has 3 heterocycles. The predicted molar refractivity (Wildman–Crippen MR) is 117 cm³/mol. The van der Waals surface area contributed by atoms with Gasteiger partial charge < -0.3 is 14.9 Å². The largest absolute Gasteiger partial charge is 0.494 e. The van der Waals surface area contributed by atoms with Crippen molar-refractivity contribution in [1.82, 2.24) is 9.47 Å². The number of rotatable bonds is 3. The number of carbonyl (C=O) groups is 1. The van der Waals surface area contributed by atoms with Crippen molar-refractivity contribution in [3.8, 4) is 23.5 Å². The Morgan fingerprint density at radius 3 is 2.49 bits per heavy atom. The fraction of sp³-hybridized carbons (Fsp3) is 0.200. The molecule has 2 aromatic carbocycles. The van der Waals surface area contributed by atoms with Gasteiger partial charge in [-0.2, -0.15) is 18.4 Å². The van der Waals surface area contributed by atoms with Crippen LogP contribution in [0.15, 0.2) is 60.7 Å². The van der Waals surface area contributed by atoms with Crippen LogP contribution in [0.5, 0.6) is 11.8 Å². The molecule has 6 rings (SSSR count). The smallest absolute Gasteiger partial charge is 0.417 e. The lowest BCUT2D eigenvalue weighted by Crippen LogP contribution is -2.43. The average Bonchev–Trinajstić information content (AvgIpc) is 3.14. The molecule has 0 saturated heterocycles. The number of fused-ring (bicyclic) bond motifs is 1. The lowest BCUT2D eigenvalue weighted by Gasteiger charge is -2.40. The summed E-state index contributed by atoms with van der Waals surface area (Å²) in [6.07, 6.45) is -1.97. The van der Waals surface area contributed by atoms with Crippen LogP contribution in [0, 0.1) is 11.3 Å². The van der Waals surface area contributed by atoms with Gasteiger partial charge >= 0.3 is 12.3 Å². The maximum Gasteiger partial charge on any atom is 0.417 e. The molecule has 35 heavy (non-hydrogen) atoms. The Hall–Kier alpha value is -4.39. The molecule has 2 atom stereocenters. The molecule has 1 aliphatic carbocycles. The first-order valence-electron chi connectivity index (χ1n) is 10.6. The van der Waals surface area contributed by atoms with Crippen LogP contribution in [0.4, 0.5) is 18.0 Å². The molecule has 1 aromatic heterocycles. The number of nitriles is 1. The van der Waals surface area contributed by atoms with Crippen molar-refractivity contribution < 1.29 is 32.9 Å². The molecule has 178 valence electrons. The molecule has 1 amide bonds. The van der Waals surface area contributed by atoms with E-state index >= 15 is 0 Å². The van der Waals surface area contributed by atoms with Crippen LogP contribution in [0.3, 0.4) is 0 Å². The lowest BCUT2D eigenvalue weighted by atomic mass is 9.82. The van der Waals surface area contributed by atoms with Crippen molar-refractivity contribution in [3.05, 3.63) is 88.5 Å². The first-order valence-corrected chi connectivity index (χ1v) is 10.6. The number of aromatic hydroxyl groups is 2. The van der Waals surface area contributed by atoms with Crippen molar-refractivity contribution in [2.24, 2.45) is 0 Å². The van der Waals surface area contributed by atoms with Gasteiger partial charge in [-0.1, -0.05) is 42.5 Å². The zero-order valence-corrected chi connectivity index (χ0v) is 18.0. The Kier molecular flexibility index (Phi) is 5.20. The summed E-state index contributed by atoms with van der Waals surface area (Å²) in [4.78, 5) is 14.2. The van der Waals surface area contributed by atoms with Gasteiger partial charge in [-0.05, 0) is 23.8 Å². The van der Waals surface area contributed by atoms with E-state index in [-0.39, 0.29) is 24.4 Å². The third-order valence-corrected chi connectivity index (χ3v) is 6.24. The second kappa shape index (κ2) is 8.13. The van der Waals surface area contributed by atoms with E-state index < -0.39 is 47.1 Å². The Balaban J connectivity index is 1.50. The highest BCUT2D eigenvalue weighted by atomic mass is 19.4. The maximum absolute atomic E-state index is 13.5. The molecule has 7 nitrogen and oxygen atoms in total. The third kappa shape index (κ3) is 3.65. The van der Waals surface area contributed by atoms with Gasteiger partial charge in [-0.3, -0.25) is 9.47 Å². The van der Waals surface area contributed by atoms with Gasteiger partial charge in [-0.25, -0.2) is 4.79 Å². The van der Waals surface area contributed by atoms with Gasteiger partial charge in [0.25, 0.3) is 0 Å². The van der Waals surface area contributed by atoms with E-state index in [4.69, 9.17) is 10.00 Å². The zero-order valence-electron chi connectivity index (χ0n) is 18.0. The van der Waals surface area contributed by atoms with E-state index in [1.54, 1.807) is 12.2 Å². The number of aromatic nitrogens is 1. The molecule has 0 saturated carbocycles. The molecule has 2 aliphatic heterocycles. The van der Waals surface area contributed by atoms with E-state index in [1.807, 2.05) is 30.3 Å². The number of ether oxygens (including phenoxy) is 1. The van der Waals surface area contributed by atoms with E-state index in [0.29, 0.717) is 11.6 Å². The topological polar surface area (TPSA) is 98.7 Å². The summed E-state index contributed by atoms with van der Waals surface area (Å²) in [6.45, 7) is 0.216. The van der Waals surface area contributed by atoms with E-state index in [9.17, 15) is 28.2 Å². The first kappa shape index (κ1) is 22.4. The number of alkyl halides is 3. The van der Waals surface area contributed by atoms with Crippen molar-refractivity contribution >= 4 is 6.09 Å². The van der Waals surface area contributed by atoms with Crippen molar-refractivity contribution in [2.75, 3.05) is 6.54 Å². The van der Waals surface area contributed by atoms with Crippen molar-refractivity contribution in [2.45, 2.75) is 24.7 Å². The number of amides is 1. The number of hydrogen-bond donors (Lipinski definition) is 2. The molecular formula is C25H18F3N3O4. The minimum Gasteiger partial charge on any atom is -0.494 e. The Bertz CT molecular complexity index is 1390. The molecule has 0 fully saturated rings. The Morgan fingerprint density at radius 2 is 1.80 bits per heavy atom. The molecule has 2 bridgehead atoms. The predicted octanol–water partition coefficient (Wildman–Crippen LogP) is 5.13. The highest BCUT2D eigenvalue weighted by Crippen LogP contribution is 2.53. The van der Waals surface area contributed by atoms with Crippen LogP contribution in [-0.4, -0.2) is 32.3 Å². The van der Waals surface area contributed by atoms with Crippen molar-refractivity contribution in [3.63, 3.8) is 0 Å². The fourth-order valence-electron chi connectivity index (χ4n) is 4.65. The Morgan fingerprint density at radius 1 is 1.09 bits per heavy atom. The summed E-state index contributed by atoms with van der Waals surface area (Å²) < 4.78 is 46.7. The van der Waals surface area contributed by atoms with Crippen LogP contribution >= 0.6 is 0 Å². The highest BCUT2D eigenvalue weighted by molar-refractivity contribution is 5.72. The van der Waals surface area contributed by atoms with Crippen LogP contribution in [0.25, 0.3) is 5.69 Å². The minimum absolute atomic E-state index is 0.0494. The summed E-state index contributed by atoms with van der Waals surface area (Å²) in [7, 11) is 0. The van der Waals surface area contributed by atoms with Gasteiger partial charge in [0.05, 0.1) is 28.9 Å². The Labute approximate surface area is 197 Å². The molecular weight excluding hydrogens is 463 g/mol. The van der Waals surface area contributed by atoms with Crippen LogP contribution in [0.1, 0.15) is 39.8 Å². The molecule has 0 radical (unpaired) electrons. The molecule has 10 heteroatoms. The quantitative estimate of drug-likeness (QED) is 0.506. The number of halogens is 3. The van der Waals surface area contributed by atoms with Gasteiger partial charge in [0, 0.05) is 23.6 Å². The third-order valence-electron chi connectivity index (χ3n) is 6.24. The SMILES string of the molecule is N#Cc1ccc(-n2c(O)c3c(c2O)[C@@H]2C=C[C@H]3CN2C(=O)OCc2ccccc2)cc1C(F)(F)F. The van der Waals surface area contributed by atoms with Crippen LogP contribution in [0.2, 0.25) is 0 Å². The first-order chi connectivity index (χ1) is 16.7. The van der Waals surface area contributed by atoms with Crippen LogP contribution in [-0.2, 0) is 17.5 Å². The fourth-order valence-corrected chi connectivity index (χ4v) is 4.65. The second-order valence-electron chi connectivity index (χ2n) is 8.28. The summed E-state index contributed by atoms with van der Waals surface area (Å²) >= 11 is 0. The lowest BCUT2D eigenvalue weighted by molar-refractivity contribution is -0.137. The minimum atomic E-state index is -4.81. The van der Waals surface area contributed by atoms with E-state index in [2.05, 4.69) is 0 Å².